The van der Waals surface area contributed by atoms with Crippen molar-refractivity contribution in [2.45, 2.75) is 20.3 Å². The minimum atomic E-state index is -0.378. The molecule has 5 aromatic rings. The van der Waals surface area contributed by atoms with Gasteiger partial charge in [-0.1, -0.05) is 42.0 Å². The summed E-state index contributed by atoms with van der Waals surface area (Å²) in [6.45, 7) is 3.77. The van der Waals surface area contributed by atoms with Gasteiger partial charge in [0.05, 0.1) is 25.4 Å². The number of aromatic amines is 1. The third-order valence-electron chi connectivity index (χ3n) is 5.49. The molecule has 0 aliphatic carbocycles. The molecule has 2 aromatic carbocycles. The average molecular weight is 470 g/mol. The Bertz CT molecular complexity index is 1610. The van der Waals surface area contributed by atoms with Crippen LogP contribution in [-0.4, -0.2) is 42.5 Å². The van der Waals surface area contributed by atoms with Crippen molar-refractivity contribution in [2.75, 3.05) is 12.4 Å². The number of benzene rings is 2. The van der Waals surface area contributed by atoms with Crippen molar-refractivity contribution in [1.82, 2.24) is 29.5 Å². The van der Waals surface area contributed by atoms with Gasteiger partial charge in [0.15, 0.2) is 5.65 Å². The van der Waals surface area contributed by atoms with E-state index in [1.165, 1.54) is 10.9 Å². The van der Waals surface area contributed by atoms with E-state index in [-0.39, 0.29) is 23.8 Å². The maximum atomic E-state index is 12.9. The Labute approximate surface area is 200 Å². The predicted octanol–water partition coefficient (Wildman–Crippen LogP) is 3.10. The molecule has 0 aliphatic heterocycles. The average Bonchev–Trinajstić information content (AvgIpc) is 3.42. The molecule has 5 rings (SSSR count). The van der Waals surface area contributed by atoms with Crippen molar-refractivity contribution in [3.8, 4) is 17.4 Å². The Morgan fingerprint density at radius 1 is 1.09 bits per heavy atom. The number of nitrogens with one attached hydrogen (secondary N) is 2. The van der Waals surface area contributed by atoms with Crippen molar-refractivity contribution in [3.05, 3.63) is 88.0 Å². The zero-order chi connectivity index (χ0) is 24.5. The van der Waals surface area contributed by atoms with Gasteiger partial charge in [-0.25, -0.2) is 4.68 Å². The number of para-hydroxylation sites is 2. The summed E-state index contributed by atoms with van der Waals surface area (Å²) in [4.78, 5) is 33.0. The molecular formula is C25H23N7O3. The topological polar surface area (TPSA) is 120 Å². The maximum Gasteiger partial charge on any atom is 0.263 e. The fourth-order valence-electron chi connectivity index (χ4n) is 3.93. The molecule has 0 spiro atoms. The Kier molecular flexibility index (Phi) is 5.61. The van der Waals surface area contributed by atoms with Crippen molar-refractivity contribution in [3.63, 3.8) is 0 Å². The van der Waals surface area contributed by atoms with Crippen LogP contribution < -0.4 is 15.6 Å². The van der Waals surface area contributed by atoms with E-state index in [1.54, 1.807) is 30.8 Å². The molecule has 35 heavy (non-hydrogen) atoms. The van der Waals surface area contributed by atoms with Crippen LogP contribution in [0.1, 0.15) is 16.8 Å². The molecule has 1 amide bonds. The van der Waals surface area contributed by atoms with Crippen LogP contribution in [0.3, 0.4) is 0 Å². The zero-order valence-electron chi connectivity index (χ0n) is 19.4. The summed E-state index contributed by atoms with van der Waals surface area (Å²) in [5.41, 5.74) is 3.22. The Morgan fingerprint density at radius 2 is 1.91 bits per heavy atom. The van der Waals surface area contributed by atoms with Crippen LogP contribution in [0, 0.1) is 13.8 Å². The number of aromatic nitrogens is 6. The molecule has 10 nitrogen and oxygen atoms in total. The van der Waals surface area contributed by atoms with Crippen LogP contribution >= 0.6 is 0 Å². The first-order valence-electron chi connectivity index (χ1n) is 11.0. The first-order valence-corrected chi connectivity index (χ1v) is 11.0. The van der Waals surface area contributed by atoms with Crippen molar-refractivity contribution in [2.24, 2.45) is 0 Å². The Morgan fingerprint density at radius 3 is 2.71 bits per heavy atom. The summed E-state index contributed by atoms with van der Waals surface area (Å²) in [5.74, 6) is 0.920. The van der Waals surface area contributed by atoms with Gasteiger partial charge in [-0.15, -0.1) is 0 Å². The lowest BCUT2D eigenvalue weighted by Crippen LogP contribution is -2.20. The third kappa shape index (κ3) is 4.29. The molecule has 0 unspecified atom stereocenters. The monoisotopic (exact) mass is 469 g/mol. The van der Waals surface area contributed by atoms with Crippen molar-refractivity contribution >= 4 is 22.8 Å². The quantitative estimate of drug-likeness (QED) is 0.394. The summed E-state index contributed by atoms with van der Waals surface area (Å²) >= 11 is 0. The molecule has 176 valence electrons. The van der Waals surface area contributed by atoms with E-state index in [0.29, 0.717) is 34.0 Å². The minimum Gasteiger partial charge on any atom is -0.494 e. The van der Waals surface area contributed by atoms with Crippen LogP contribution in [0.5, 0.6) is 5.75 Å². The second-order valence-corrected chi connectivity index (χ2v) is 8.15. The molecule has 0 bridgehead atoms. The van der Waals surface area contributed by atoms with E-state index in [0.717, 1.165) is 11.1 Å². The number of carbonyl (C=O) groups excluding carboxylic acids is 1. The van der Waals surface area contributed by atoms with Gasteiger partial charge in [0, 0.05) is 6.07 Å². The van der Waals surface area contributed by atoms with Gasteiger partial charge in [-0.05, 0) is 31.5 Å². The molecule has 3 heterocycles. The SMILES string of the molecule is COc1ccccc1-n1ncc2c(=O)[nH]c(-n3nc(C)cc3NC(=O)Cc3cccc(C)c3)nc21. The Balaban J connectivity index is 1.54. The summed E-state index contributed by atoms with van der Waals surface area (Å²) in [6, 6.07) is 16.8. The molecule has 10 heteroatoms. The smallest absolute Gasteiger partial charge is 0.263 e. The van der Waals surface area contributed by atoms with E-state index in [1.807, 2.05) is 49.4 Å². The highest BCUT2D eigenvalue weighted by Crippen LogP contribution is 2.24. The van der Waals surface area contributed by atoms with Crippen molar-refractivity contribution in [1.29, 1.82) is 0 Å². The number of fused-ring (bicyclic) bond motifs is 1. The number of hydrogen-bond acceptors (Lipinski definition) is 6. The fraction of sp³-hybridized carbons (Fsp3) is 0.160. The van der Waals surface area contributed by atoms with Crippen LogP contribution in [0.2, 0.25) is 0 Å². The third-order valence-corrected chi connectivity index (χ3v) is 5.49. The zero-order valence-corrected chi connectivity index (χ0v) is 19.4. The number of H-pyrrole nitrogens is 1. The summed E-state index contributed by atoms with van der Waals surface area (Å²) in [6.07, 6.45) is 1.66. The van der Waals surface area contributed by atoms with E-state index in [4.69, 9.17) is 4.74 Å². The number of carbonyl (C=O) groups is 1. The van der Waals surface area contributed by atoms with Gasteiger partial charge in [0.1, 0.15) is 22.6 Å². The van der Waals surface area contributed by atoms with Crippen molar-refractivity contribution < 1.29 is 9.53 Å². The number of methoxy groups -OCH3 is 1. The number of anilines is 1. The minimum absolute atomic E-state index is 0.151. The second-order valence-electron chi connectivity index (χ2n) is 8.15. The summed E-state index contributed by atoms with van der Waals surface area (Å²) < 4.78 is 8.39. The fourth-order valence-corrected chi connectivity index (χ4v) is 3.93. The number of nitrogens with zero attached hydrogens (tertiary/aromatic N) is 5. The molecule has 0 aliphatic rings. The van der Waals surface area contributed by atoms with Crippen LogP contribution in [-0.2, 0) is 11.2 Å². The lowest BCUT2D eigenvalue weighted by atomic mass is 10.1. The Hall–Kier alpha value is -4.73. The maximum absolute atomic E-state index is 12.9. The molecule has 0 saturated carbocycles. The number of ether oxygens (including phenoxy) is 1. The number of rotatable bonds is 6. The van der Waals surface area contributed by atoms with Crippen LogP contribution in [0.25, 0.3) is 22.7 Å². The van der Waals surface area contributed by atoms with Crippen LogP contribution in [0.4, 0.5) is 5.82 Å². The van der Waals surface area contributed by atoms with Gasteiger partial charge < -0.3 is 10.1 Å². The second kappa shape index (κ2) is 8.90. The summed E-state index contributed by atoms with van der Waals surface area (Å²) in [7, 11) is 1.56. The van der Waals surface area contributed by atoms with Gasteiger partial charge in [-0.2, -0.15) is 19.9 Å². The summed E-state index contributed by atoms with van der Waals surface area (Å²) in [5, 5.41) is 12.0. The molecule has 0 atom stereocenters. The molecule has 0 saturated heterocycles. The number of hydrogen-bond donors (Lipinski definition) is 2. The van der Waals surface area contributed by atoms with E-state index in [2.05, 4.69) is 25.5 Å². The number of aryl methyl sites for hydroxylation is 2. The van der Waals surface area contributed by atoms with Gasteiger partial charge in [0.2, 0.25) is 11.9 Å². The van der Waals surface area contributed by atoms with E-state index >= 15 is 0 Å². The lowest BCUT2D eigenvalue weighted by Gasteiger charge is -2.10. The highest BCUT2D eigenvalue weighted by Gasteiger charge is 2.18. The van der Waals surface area contributed by atoms with E-state index < -0.39 is 0 Å². The molecule has 0 fully saturated rings. The largest absolute Gasteiger partial charge is 0.494 e. The predicted molar refractivity (Wildman–Crippen MR) is 131 cm³/mol. The molecular weight excluding hydrogens is 446 g/mol. The molecule has 3 aromatic heterocycles. The normalized spacial score (nSPS) is 11.1. The molecule has 2 N–H and O–H groups in total. The standard InChI is InChI=1S/C25H23N7O3/c1-15-7-6-8-17(11-15)13-22(33)27-21-12-16(2)30-32(21)25-28-23-18(24(34)29-25)14-26-31(23)19-9-4-5-10-20(19)35-3/h4-12,14H,13H2,1-3H3,(H,27,33)(H,28,29,34). The molecule has 0 radical (unpaired) electrons. The first-order chi connectivity index (χ1) is 16.9. The lowest BCUT2D eigenvalue weighted by molar-refractivity contribution is -0.115. The highest BCUT2D eigenvalue weighted by atomic mass is 16.5. The van der Waals surface area contributed by atoms with Gasteiger partial charge >= 0.3 is 0 Å². The van der Waals surface area contributed by atoms with Gasteiger partial charge in [-0.3, -0.25) is 14.6 Å². The van der Waals surface area contributed by atoms with Crippen LogP contribution in [0.15, 0.2) is 65.6 Å². The highest BCUT2D eigenvalue weighted by molar-refractivity contribution is 5.91. The van der Waals surface area contributed by atoms with E-state index in [9.17, 15) is 9.59 Å². The first kappa shape index (κ1) is 22.1. The van der Waals surface area contributed by atoms with Gasteiger partial charge in [0.25, 0.3) is 5.56 Å². The number of amides is 1.